The molecule has 3 amide bonds. The number of anilines is 2. The van der Waals surface area contributed by atoms with Gasteiger partial charge in [-0.25, -0.2) is 9.69 Å². The second-order valence-electron chi connectivity index (χ2n) is 10.3. The Kier molecular flexibility index (Phi) is 8.54. The number of aromatic nitrogens is 1. The third-order valence-corrected chi connectivity index (χ3v) is 10.4. The average molecular weight is 664 g/mol. The van der Waals surface area contributed by atoms with E-state index >= 15 is 0 Å². The van der Waals surface area contributed by atoms with Gasteiger partial charge in [-0.3, -0.25) is 23.7 Å². The van der Waals surface area contributed by atoms with Crippen molar-refractivity contribution in [3.63, 3.8) is 0 Å². The molecule has 0 aliphatic carbocycles. The van der Waals surface area contributed by atoms with Gasteiger partial charge in [-0.1, -0.05) is 46.8 Å². The Morgan fingerprint density at radius 3 is 2.27 bits per heavy atom. The highest BCUT2D eigenvalue weighted by atomic mass is 35.5. The van der Waals surface area contributed by atoms with E-state index in [1.165, 1.54) is 16.7 Å². The molecule has 0 saturated carbocycles. The fourth-order valence-electron chi connectivity index (χ4n) is 5.52. The first-order chi connectivity index (χ1) is 21.7. The lowest BCUT2D eigenvalue weighted by atomic mass is 9.83. The number of fused-ring (bicyclic) bond motifs is 2. The predicted molar refractivity (Wildman–Crippen MR) is 172 cm³/mol. The molecule has 2 aliphatic heterocycles. The Morgan fingerprint density at radius 2 is 1.62 bits per heavy atom. The highest BCUT2D eigenvalue weighted by molar-refractivity contribution is 8.00. The Bertz CT molecular complexity index is 1850. The van der Waals surface area contributed by atoms with E-state index in [-0.39, 0.29) is 18.0 Å². The molecular weight excluding hydrogens is 638 g/mol. The number of imide groups is 1. The molecule has 10 nitrogen and oxygen atoms in total. The van der Waals surface area contributed by atoms with Gasteiger partial charge in [0.15, 0.2) is 0 Å². The first-order valence-electron chi connectivity index (χ1n) is 13.9. The zero-order chi connectivity index (χ0) is 31.8. The normalized spacial score (nSPS) is 18.7. The molecule has 3 heterocycles. The van der Waals surface area contributed by atoms with Crippen LogP contribution in [0.25, 0.3) is 0 Å². The summed E-state index contributed by atoms with van der Waals surface area (Å²) < 4.78 is 11.7. The van der Waals surface area contributed by atoms with Gasteiger partial charge in [0.25, 0.3) is 0 Å². The lowest BCUT2D eigenvalue weighted by molar-refractivity contribution is -0.122. The van der Waals surface area contributed by atoms with Crippen LogP contribution in [0.4, 0.5) is 11.4 Å². The summed E-state index contributed by atoms with van der Waals surface area (Å²) in [5.74, 6) is -2.63. The van der Waals surface area contributed by atoms with Crippen molar-refractivity contribution < 1.29 is 28.7 Å². The van der Waals surface area contributed by atoms with E-state index in [1.54, 1.807) is 62.6 Å². The Labute approximate surface area is 270 Å². The lowest BCUT2D eigenvalue weighted by Crippen LogP contribution is -2.33. The number of methoxy groups -OCH3 is 1. The van der Waals surface area contributed by atoms with Crippen molar-refractivity contribution in [2.75, 3.05) is 23.9 Å². The maximum atomic E-state index is 14.1. The molecule has 2 unspecified atom stereocenters. The number of benzene rings is 3. The number of rotatable bonds is 8. The number of carbonyl (C=O) groups is 4. The summed E-state index contributed by atoms with van der Waals surface area (Å²) in [6, 6.07) is 19.9. The number of halogens is 1. The zero-order valence-corrected chi connectivity index (χ0v) is 26.4. The minimum Gasteiger partial charge on any atom is -0.497 e. The molecule has 0 radical (unpaired) electrons. The number of hydrogen-bond acceptors (Lipinski definition) is 9. The number of carbonyl (C=O) groups excluding carboxylic acids is 4. The maximum Gasteiger partial charge on any atom is 0.338 e. The van der Waals surface area contributed by atoms with Crippen LogP contribution >= 0.6 is 34.7 Å². The van der Waals surface area contributed by atoms with E-state index in [2.05, 4.69) is 5.32 Å². The molecule has 3 atom stereocenters. The summed E-state index contributed by atoms with van der Waals surface area (Å²) in [5.41, 5.74) is 1.87. The van der Waals surface area contributed by atoms with Crippen LogP contribution in [0.3, 0.4) is 0 Å². The number of ether oxygens (including phenoxy) is 2. The quantitative estimate of drug-likeness (QED) is 0.202. The third kappa shape index (κ3) is 5.76. The first-order valence-corrected chi connectivity index (χ1v) is 16.0. The van der Waals surface area contributed by atoms with Gasteiger partial charge >= 0.3 is 10.8 Å². The largest absolute Gasteiger partial charge is 0.497 e. The minimum atomic E-state index is -0.860. The van der Waals surface area contributed by atoms with Crippen LogP contribution in [0.1, 0.15) is 33.6 Å². The van der Waals surface area contributed by atoms with Crippen molar-refractivity contribution in [1.82, 2.24) is 4.57 Å². The van der Waals surface area contributed by atoms with E-state index in [4.69, 9.17) is 21.1 Å². The molecule has 1 saturated heterocycles. The van der Waals surface area contributed by atoms with Crippen LogP contribution in [0.2, 0.25) is 5.02 Å². The van der Waals surface area contributed by atoms with Gasteiger partial charge in [-0.15, -0.1) is 0 Å². The molecule has 1 fully saturated rings. The van der Waals surface area contributed by atoms with Gasteiger partial charge in [-0.2, -0.15) is 0 Å². The van der Waals surface area contributed by atoms with Crippen molar-refractivity contribution in [2.24, 2.45) is 5.92 Å². The third-order valence-electron chi connectivity index (χ3n) is 7.59. The molecule has 1 N–H and O–H groups in total. The van der Waals surface area contributed by atoms with Crippen molar-refractivity contribution >= 4 is 69.8 Å². The lowest BCUT2D eigenvalue weighted by Gasteiger charge is -2.30. The number of hydrogen-bond donors (Lipinski definition) is 1. The SMILES string of the molecule is CCOC(=O)c1ccc(N2C(=O)C3Sc4c(sc(=O)n4CC(=O)Nc4ccc(Cl)cc4)[C@@H](c4ccc(OC)cc4)C3C2=O)cc1. The van der Waals surface area contributed by atoms with Crippen molar-refractivity contribution in [2.45, 2.75) is 29.7 Å². The monoisotopic (exact) mass is 663 g/mol. The van der Waals surface area contributed by atoms with Gasteiger partial charge in [0, 0.05) is 21.5 Å². The molecule has 0 spiro atoms. The molecule has 4 aromatic rings. The van der Waals surface area contributed by atoms with Crippen LogP contribution in [-0.2, 0) is 25.7 Å². The molecule has 0 bridgehead atoms. The van der Waals surface area contributed by atoms with Crippen molar-refractivity contribution in [3.05, 3.63) is 103 Å². The first kappa shape index (κ1) is 30.6. The van der Waals surface area contributed by atoms with E-state index in [0.717, 1.165) is 33.6 Å². The van der Waals surface area contributed by atoms with Crippen LogP contribution < -0.4 is 19.8 Å². The van der Waals surface area contributed by atoms with Gasteiger partial charge in [0.05, 0.1) is 35.9 Å². The molecule has 45 heavy (non-hydrogen) atoms. The summed E-state index contributed by atoms with van der Waals surface area (Å²) in [7, 11) is 1.55. The van der Waals surface area contributed by atoms with E-state index in [1.807, 2.05) is 12.1 Å². The summed E-state index contributed by atoms with van der Waals surface area (Å²) in [6.07, 6.45) is 0. The molecule has 3 aromatic carbocycles. The smallest absolute Gasteiger partial charge is 0.338 e. The van der Waals surface area contributed by atoms with Gasteiger partial charge in [0.1, 0.15) is 17.5 Å². The number of thioether (sulfide) groups is 1. The van der Waals surface area contributed by atoms with Gasteiger partial charge < -0.3 is 14.8 Å². The fraction of sp³-hybridized carbons (Fsp3) is 0.219. The predicted octanol–water partition coefficient (Wildman–Crippen LogP) is 5.18. The summed E-state index contributed by atoms with van der Waals surface area (Å²) in [6.45, 7) is 1.64. The number of amides is 3. The van der Waals surface area contributed by atoms with Crippen LogP contribution in [0.5, 0.6) is 5.75 Å². The number of thiazole rings is 1. The average Bonchev–Trinajstić information content (AvgIpc) is 3.48. The Hall–Kier alpha value is -4.39. The van der Waals surface area contributed by atoms with Crippen molar-refractivity contribution in [3.8, 4) is 5.75 Å². The maximum absolute atomic E-state index is 14.1. The fourth-order valence-corrected chi connectivity index (χ4v) is 8.42. The highest BCUT2D eigenvalue weighted by Gasteiger charge is 2.56. The summed E-state index contributed by atoms with van der Waals surface area (Å²) in [5, 5.41) is 2.90. The van der Waals surface area contributed by atoms with Crippen molar-refractivity contribution in [1.29, 1.82) is 0 Å². The summed E-state index contributed by atoms with van der Waals surface area (Å²) >= 11 is 8.04. The zero-order valence-electron chi connectivity index (χ0n) is 24.0. The molecule has 1 aromatic heterocycles. The number of nitrogens with one attached hydrogen (secondary N) is 1. The van der Waals surface area contributed by atoms with Crippen LogP contribution in [-0.4, -0.2) is 47.2 Å². The standard InChI is InChI=1S/C32H26ClN3O7S2/c1-3-43-31(40)18-4-12-21(13-5-18)36-28(38)25-24(17-6-14-22(42-2)15-7-17)27-30(44-26(25)29(36)39)35(32(41)45-27)16-23(37)34-20-10-8-19(33)9-11-20/h4-15,24-26H,3,16H2,1-2H3,(H,34,37)/t24-,25?,26?/m0/s1. The van der Waals surface area contributed by atoms with Crippen LogP contribution in [0, 0.1) is 5.92 Å². The van der Waals surface area contributed by atoms with Gasteiger partial charge in [-0.05, 0) is 73.2 Å². The van der Waals surface area contributed by atoms with E-state index < -0.39 is 40.8 Å². The Balaban J connectivity index is 1.37. The Morgan fingerprint density at radius 1 is 0.933 bits per heavy atom. The van der Waals surface area contributed by atoms with E-state index in [9.17, 15) is 24.0 Å². The van der Waals surface area contributed by atoms with Gasteiger partial charge in [0.2, 0.25) is 17.7 Å². The molecule has 13 heteroatoms. The molecule has 6 rings (SSSR count). The molecule has 230 valence electrons. The van der Waals surface area contributed by atoms with Crippen LogP contribution in [0.15, 0.2) is 82.6 Å². The highest BCUT2D eigenvalue weighted by Crippen LogP contribution is 2.54. The molecular formula is C32H26ClN3O7S2. The number of nitrogens with zero attached hydrogens (tertiary/aromatic N) is 2. The topological polar surface area (TPSA) is 124 Å². The second kappa shape index (κ2) is 12.5. The second-order valence-corrected chi connectivity index (χ2v) is 12.8. The van der Waals surface area contributed by atoms with E-state index in [0.29, 0.717) is 37.6 Å². The minimum absolute atomic E-state index is 0.217. The number of esters is 1. The summed E-state index contributed by atoms with van der Waals surface area (Å²) in [4.78, 5) is 68.0. The molecule has 2 aliphatic rings.